The summed E-state index contributed by atoms with van der Waals surface area (Å²) in [5.41, 5.74) is 1.46. The quantitative estimate of drug-likeness (QED) is 0.171. The highest BCUT2D eigenvalue weighted by Crippen LogP contribution is 2.23. The Morgan fingerprint density at radius 1 is 1.15 bits per heavy atom. The zero-order chi connectivity index (χ0) is 24.1. The minimum absolute atomic E-state index is 0.000420. The number of carbonyl (C=O) groups excluding carboxylic acids is 1. The number of carbonyl (C=O) groups is 1. The molecule has 1 heterocycles. The standard InChI is InChI=1S/C25H30BrN3O4/c1-4-8-22(29-25(30)19(16-27)15-20-9-7-10-23(26)28-20)18-11-13-21(14-12-18)33-17-24(31-5-2)32-6-3/h7,9-15,22,24H,4-6,8,17H2,1-3H3,(H,29,30)/b19-15+/t22-/m0/s1. The van der Waals surface area contributed by atoms with Crippen LogP contribution in [0.25, 0.3) is 6.08 Å². The van der Waals surface area contributed by atoms with Crippen molar-refractivity contribution in [2.45, 2.75) is 45.9 Å². The second-order valence-electron chi connectivity index (χ2n) is 7.09. The Bertz CT molecular complexity index is 951. The maximum atomic E-state index is 12.8. The molecule has 0 aliphatic carbocycles. The van der Waals surface area contributed by atoms with Gasteiger partial charge in [-0.3, -0.25) is 4.79 Å². The molecule has 7 nitrogen and oxygen atoms in total. The highest BCUT2D eigenvalue weighted by atomic mass is 79.9. The third-order valence-corrected chi connectivity index (χ3v) is 5.09. The molecule has 2 aromatic rings. The monoisotopic (exact) mass is 515 g/mol. The molecule has 1 aromatic carbocycles. The van der Waals surface area contributed by atoms with E-state index in [1.165, 1.54) is 6.08 Å². The van der Waals surface area contributed by atoms with Crippen LogP contribution in [0.15, 0.2) is 52.6 Å². The van der Waals surface area contributed by atoms with Gasteiger partial charge in [-0.15, -0.1) is 0 Å². The Balaban J connectivity index is 2.07. The molecule has 0 bridgehead atoms. The first-order valence-corrected chi connectivity index (χ1v) is 11.8. The summed E-state index contributed by atoms with van der Waals surface area (Å²) in [7, 11) is 0. The molecule has 2 rings (SSSR count). The molecule has 0 fully saturated rings. The number of ether oxygens (including phenoxy) is 3. The van der Waals surface area contributed by atoms with Gasteiger partial charge >= 0.3 is 0 Å². The van der Waals surface area contributed by atoms with E-state index in [-0.39, 0.29) is 18.2 Å². The third-order valence-electron chi connectivity index (χ3n) is 4.65. The van der Waals surface area contributed by atoms with E-state index in [1.807, 2.05) is 51.1 Å². The van der Waals surface area contributed by atoms with E-state index in [9.17, 15) is 10.1 Å². The van der Waals surface area contributed by atoms with Crippen LogP contribution in [0, 0.1) is 11.3 Å². The summed E-state index contributed by atoms with van der Waals surface area (Å²) >= 11 is 3.29. The van der Waals surface area contributed by atoms with Gasteiger partial charge in [0.15, 0.2) is 6.29 Å². The maximum absolute atomic E-state index is 12.8. The van der Waals surface area contributed by atoms with Gasteiger partial charge in [0.05, 0.1) is 11.7 Å². The summed E-state index contributed by atoms with van der Waals surface area (Å²) in [6, 6.07) is 14.6. The number of rotatable bonds is 13. The minimum atomic E-state index is -0.436. The maximum Gasteiger partial charge on any atom is 0.262 e. The number of nitrogens with zero attached hydrogens (tertiary/aromatic N) is 2. The van der Waals surface area contributed by atoms with Crippen LogP contribution in [0.4, 0.5) is 0 Å². The topological polar surface area (TPSA) is 93.5 Å². The normalized spacial score (nSPS) is 12.3. The number of nitriles is 1. The third kappa shape index (κ3) is 8.97. The lowest BCUT2D eigenvalue weighted by Crippen LogP contribution is -2.29. The van der Waals surface area contributed by atoms with E-state index < -0.39 is 12.2 Å². The molecule has 0 radical (unpaired) electrons. The van der Waals surface area contributed by atoms with E-state index in [0.717, 1.165) is 18.4 Å². The van der Waals surface area contributed by atoms with Crippen molar-refractivity contribution in [3.8, 4) is 11.8 Å². The van der Waals surface area contributed by atoms with Gasteiger partial charge in [-0.05, 0) is 72.1 Å². The fourth-order valence-corrected chi connectivity index (χ4v) is 3.48. The van der Waals surface area contributed by atoms with Crippen LogP contribution in [0.5, 0.6) is 5.75 Å². The van der Waals surface area contributed by atoms with Crippen molar-refractivity contribution in [2.75, 3.05) is 19.8 Å². The number of hydrogen-bond donors (Lipinski definition) is 1. The highest BCUT2D eigenvalue weighted by Gasteiger charge is 2.18. The summed E-state index contributed by atoms with van der Waals surface area (Å²) in [6.45, 7) is 7.24. The molecule has 0 unspecified atom stereocenters. The Morgan fingerprint density at radius 3 is 2.42 bits per heavy atom. The SMILES string of the molecule is CCC[C@H](NC(=O)/C(C#N)=C/c1cccc(Br)n1)c1ccc(OCC(OCC)OCC)cc1. The smallest absolute Gasteiger partial charge is 0.262 e. The number of hydrogen-bond acceptors (Lipinski definition) is 6. The molecule has 0 spiro atoms. The Kier molecular flexibility index (Phi) is 11.6. The number of nitrogens with one attached hydrogen (secondary N) is 1. The molecular formula is C25H30BrN3O4. The van der Waals surface area contributed by atoms with Crippen molar-refractivity contribution < 1.29 is 19.0 Å². The van der Waals surface area contributed by atoms with Crippen molar-refractivity contribution in [3.05, 3.63) is 63.9 Å². The molecule has 0 aliphatic rings. The van der Waals surface area contributed by atoms with E-state index in [2.05, 4.69) is 26.2 Å². The van der Waals surface area contributed by atoms with Crippen molar-refractivity contribution in [1.82, 2.24) is 10.3 Å². The molecule has 176 valence electrons. The van der Waals surface area contributed by atoms with Gasteiger partial charge < -0.3 is 19.5 Å². The van der Waals surface area contributed by atoms with Gasteiger partial charge in [-0.2, -0.15) is 5.26 Å². The number of amides is 1. The van der Waals surface area contributed by atoms with Crippen LogP contribution in [0.1, 0.15) is 50.9 Å². The molecule has 0 saturated heterocycles. The van der Waals surface area contributed by atoms with Gasteiger partial charge in [-0.25, -0.2) is 4.98 Å². The molecule has 8 heteroatoms. The predicted molar refractivity (Wildman–Crippen MR) is 130 cm³/mol. The van der Waals surface area contributed by atoms with E-state index in [1.54, 1.807) is 18.2 Å². The minimum Gasteiger partial charge on any atom is -0.488 e. The van der Waals surface area contributed by atoms with Crippen LogP contribution in [-0.4, -0.2) is 37.0 Å². The zero-order valence-corrected chi connectivity index (χ0v) is 20.8. The summed E-state index contributed by atoms with van der Waals surface area (Å²) in [5, 5.41) is 12.5. The van der Waals surface area contributed by atoms with Crippen LogP contribution in [0.2, 0.25) is 0 Å². The van der Waals surface area contributed by atoms with E-state index in [4.69, 9.17) is 14.2 Å². The lowest BCUT2D eigenvalue weighted by atomic mass is 10.0. The number of benzene rings is 1. The molecule has 0 aliphatic heterocycles. The van der Waals surface area contributed by atoms with Crippen molar-refractivity contribution in [3.63, 3.8) is 0 Å². The molecule has 1 atom stereocenters. The fraction of sp³-hybridized carbons (Fsp3) is 0.400. The van der Waals surface area contributed by atoms with Crippen LogP contribution in [-0.2, 0) is 14.3 Å². The lowest BCUT2D eigenvalue weighted by Gasteiger charge is -2.20. The number of pyridine rings is 1. The van der Waals surface area contributed by atoms with Crippen LogP contribution in [0.3, 0.4) is 0 Å². The molecule has 1 N–H and O–H groups in total. The summed E-state index contributed by atoms with van der Waals surface area (Å²) in [5.74, 6) is 0.248. The van der Waals surface area contributed by atoms with Gasteiger partial charge in [0.2, 0.25) is 0 Å². The largest absolute Gasteiger partial charge is 0.488 e. The van der Waals surface area contributed by atoms with Gasteiger partial charge in [0.1, 0.15) is 28.6 Å². The van der Waals surface area contributed by atoms with E-state index in [0.29, 0.717) is 29.3 Å². The van der Waals surface area contributed by atoms with Crippen LogP contribution >= 0.6 is 15.9 Å². The average Bonchev–Trinajstić information content (AvgIpc) is 2.81. The zero-order valence-electron chi connectivity index (χ0n) is 19.2. The lowest BCUT2D eigenvalue weighted by molar-refractivity contribution is -0.152. The molecule has 33 heavy (non-hydrogen) atoms. The first-order chi connectivity index (χ1) is 16.0. The summed E-state index contributed by atoms with van der Waals surface area (Å²) < 4.78 is 17.4. The second kappa shape index (κ2) is 14.4. The summed E-state index contributed by atoms with van der Waals surface area (Å²) in [6.07, 6.45) is 2.67. The molecule has 1 amide bonds. The molecular weight excluding hydrogens is 486 g/mol. The summed E-state index contributed by atoms with van der Waals surface area (Å²) in [4.78, 5) is 17.1. The highest BCUT2D eigenvalue weighted by molar-refractivity contribution is 9.10. The number of aromatic nitrogens is 1. The first kappa shape index (κ1) is 26.5. The van der Waals surface area contributed by atoms with Gasteiger partial charge in [-0.1, -0.05) is 31.5 Å². The fourth-order valence-electron chi connectivity index (χ4n) is 3.12. The first-order valence-electron chi connectivity index (χ1n) is 11.0. The average molecular weight is 516 g/mol. The molecule has 0 saturated carbocycles. The Morgan fingerprint density at radius 2 is 1.85 bits per heavy atom. The van der Waals surface area contributed by atoms with Gasteiger partial charge in [0, 0.05) is 13.2 Å². The van der Waals surface area contributed by atoms with Crippen molar-refractivity contribution >= 4 is 27.9 Å². The second-order valence-corrected chi connectivity index (χ2v) is 7.90. The predicted octanol–water partition coefficient (Wildman–Crippen LogP) is 5.19. The van der Waals surface area contributed by atoms with Crippen molar-refractivity contribution in [1.29, 1.82) is 5.26 Å². The number of halogens is 1. The van der Waals surface area contributed by atoms with Crippen molar-refractivity contribution in [2.24, 2.45) is 0 Å². The molecule has 1 aromatic heterocycles. The van der Waals surface area contributed by atoms with Crippen LogP contribution < -0.4 is 10.1 Å². The Hall–Kier alpha value is -2.73. The Labute approximate surface area is 203 Å². The van der Waals surface area contributed by atoms with E-state index >= 15 is 0 Å². The van der Waals surface area contributed by atoms with Gasteiger partial charge in [0.25, 0.3) is 5.91 Å².